The molecule has 4 nitrogen and oxygen atoms in total. The third-order valence-corrected chi connectivity index (χ3v) is 5.01. The van der Waals surface area contributed by atoms with Crippen molar-refractivity contribution in [1.29, 1.82) is 0 Å². The molecule has 2 rings (SSSR count). The predicted molar refractivity (Wildman–Crippen MR) is 87.6 cm³/mol. The number of alkyl halides is 1. The van der Waals surface area contributed by atoms with Gasteiger partial charge in [0.25, 0.3) is 0 Å². The van der Waals surface area contributed by atoms with E-state index >= 15 is 0 Å². The summed E-state index contributed by atoms with van der Waals surface area (Å²) in [6.45, 7) is 0. The summed E-state index contributed by atoms with van der Waals surface area (Å²) in [7, 11) is 0. The first-order valence-corrected chi connectivity index (χ1v) is 8.87. The zero-order valence-corrected chi connectivity index (χ0v) is 14.3. The number of nitrogens with zero attached hydrogens (tertiary/aromatic N) is 2. The minimum atomic E-state index is -0.138. The smallest absolute Gasteiger partial charge is 0.227 e. The molecule has 0 atom stereocenters. The summed E-state index contributed by atoms with van der Waals surface area (Å²) in [4.78, 5) is 11.4. The molecule has 8 heteroatoms. The summed E-state index contributed by atoms with van der Waals surface area (Å²) in [6.07, 6.45) is 0.280. The highest BCUT2D eigenvalue weighted by atomic mass is 79.9. The van der Waals surface area contributed by atoms with Crippen LogP contribution in [0.4, 0.5) is 5.13 Å². The standard InChI is InChI=1S/C12H11BrClN3OS2/c13-9-3-1-8(2-4-9)7-19-12-17-16-11(20-12)15-10(18)5-6-14/h1-4H,5-7H2,(H,15,16,18). The molecule has 0 radical (unpaired) electrons. The molecule has 0 aliphatic carbocycles. The maximum atomic E-state index is 11.4. The van der Waals surface area contributed by atoms with Crippen LogP contribution in [0, 0.1) is 0 Å². The number of benzene rings is 1. The molecular formula is C12H11BrClN3OS2. The highest BCUT2D eigenvalue weighted by molar-refractivity contribution is 9.10. The Morgan fingerprint density at radius 3 is 2.80 bits per heavy atom. The van der Waals surface area contributed by atoms with Crippen LogP contribution >= 0.6 is 50.6 Å². The van der Waals surface area contributed by atoms with Crippen LogP contribution in [-0.4, -0.2) is 22.0 Å². The Kier molecular flexibility index (Phi) is 6.28. The Hall–Kier alpha value is -0.630. The molecule has 1 aromatic heterocycles. The van der Waals surface area contributed by atoms with Crippen LogP contribution in [0.5, 0.6) is 0 Å². The van der Waals surface area contributed by atoms with Crippen LogP contribution in [-0.2, 0) is 10.5 Å². The maximum absolute atomic E-state index is 11.4. The summed E-state index contributed by atoms with van der Waals surface area (Å²) >= 11 is 11.9. The topological polar surface area (TPSA) is 54.9 Å². The Morgan fingerprint density at radius 2 is 2.10 bits per heavy atom. The van der Waals surface area contributed by atoms with E-state index in [4.69, 9.17) is 11.6 Å². The molecule has 1 amide bonds. The minimum absolute atomic E-state index is 0.138. The van der Waals surface area contributed by atoms with Crippen molar-refractivity contribution >= 4 is 61.7 Å². The lowest BCUT2D eigenvalue weighted by atomic mass is 10.2. The quantitative estimate of drug-likeness (QED) is 0.455. The van der Waals surface area contributed by atoms with E-state index in [1.54, 1.807) is 11.8 Å². The molecule has 20 heavy (non-hydrogen) atoms. The molecule has 0 bridgehead atoms. The number of carbonyl (C=O) groups is 1. The van der Waals surface area contributed by atoms with Crippen molar-refractivity contribution < 1.29 is 4.79 Å². The summed E-state index contributed by atoms with van der Waals surface area (Å²) in [5, 5.41) is 11.1. The van der Waals surface area contributed by atoms with Gasteiger partial charge in [-0.05, 0) is 17.7 Å². The zero-order chi connectivity index (χ0) is 14.4. The second kappa shape index (κ2) is 7.97. The van der Waals surface area contributed by atoms with Gasteiger partial charge in [-0.1, -0.05) is 51.2 Å². The summed E-state index contributed by atoms with van der Waals surface area (Å²) in [6, 6.07) is 8.13. The summed E-state index contributed by atoms with van der Waals surface area (Å²) in [5.41, 5.74) is 1.21. The normalized spacial score (nSPS) is 10.5. The van der Waals surface area contributed by atoms with Gasteiger partial charge in [0.15, 0.2) is 4.34 Å². The van der Waals surface area contributed by atoms with Crippen molar-refractivity contribution in [3.8, 4) is 0 Å². The molecule has 0 unspecified atom stereocenters. The largest absolute Gasteiger partial charge is 0.300 e. The number of anilines is 1. The van der Waals surface area contributed by atoms with Gasteiger partial charge < -0.3 is 5.32 Å². The molecule has 0 fully saturated rings. The Bertz CT molecular complexity index is 576. The number of halogens is 2. The second-order valence-electron chi connectivity index (χ2n) is 3.78. The van der Waals surface area contributed by atoms with E-state index in [1.807, 2.05) is 12.1 Å². The lowest BCUT2D eigenvalue weighted by Gasteiger charge is -1.98. The monoisotopic (exact) mass is 391 g/mol. The van der Waals surface area contributed by atoms with Gasteiger partial charge in [-0.25, -0.2) is 0 Å². The van der Waals surface area contributed by atoms with Crippen LogP contribution in [0.25, 0.3) is 0 Å². The van der Waals surface area contributed by atoms with Gasteiger partial charge in [-0.15, -0.1) is 21.8 Å². The third kappa shape index (κ3) is 5.05. The number of nitrogens with one attached hydrogen (secondary N) is 1. The highest BCUT2D eigenvalue weighted by Gasteiger charge is 2.08. The van der Waals surface area contributed by atoms with Gasteiger partial charge in [0, 0.05) is 22.5 Å². The van der Waals surface area contributed by atoms with Crippen LogP contribution < -0.4 is 5.32 Å². The fourth-order valence-electron chi connectivity index (χ4n) is 1.31. The van der Waals surface area contributed by atoms with Gasteiger partial charge >= 0.3 is 0 Å². The predicted octanol–water partition coefficient (Wildman–Crippen LogP) is 4.16. The second-order valence-corrected chi connectivity index (χ2v) is 7.27. The molecule has 1 aromatic carbocycles. The number of hydrogen-bond donors (Lipinski definition) is 1. The third-order valence-electron chi connectivity index (χ3n) is 2.25. The molecule has 106 valence electrons. The highest BCUT2D eigenvalue weighted by Crippen LogP contribution is 2.28. The molecule has 0 spiro atoms. The molecule has 1 heterocycles. The van der Waals surface area contributed by atoms with E-state index in [0.717, 1.165) is 14.6 Å². The van der Waals surface area contributed by atoms with E-state index in [2.05, 4.69) is 43.6 Å². The van der Waals surface area contributed by atoms with E-state index in [0.29, 0.717) is 11.0 Å². The van der Waals surface area contributed by atoms with Crippen LogP contribution in [0.1, 0.15) is 12.0 Å². The van der Waals surface area contributed by atoms with Gasteiger partial charge in [0.05, 0.1) is 0 Å². The van der Waals surface area contributed by atoms with Crippen LogP contribution in [0.3, 0.4) is 0 Å². The van der Waals surface area contributed by atoms with Crippen LogP contribution in [0.15, 0.2) is 33.1 Å². The average molecular weight is 393 g/mol. The van der Waals surface area contributed by atoms with Crippen molar-refractivity contribution in [2.75, 3.05) is 11.2 Å². The molecule has 1 N–H and O–H groups in total. The number of carbonyl (C=O) groups excluding carboxylic acids is 1. The van der Waals surface area contributed by atoms with Crippen LogP contribution in [0.2, 0.25) is 0 Å². The van der Waals surface area contributed by atoms with Gasteiger partial charge in [0.1, 0.15) is 0 Å². The van der Waals surface area contributed by atoms with E-state index in [-0.39, 0.29) is 12.3 Å². The molecule has 0 aliphatic heterocycles. The summed E-state index contributed by atoms with van der Waals surface area (Å²) in [5.74, 6) is 0.980. The number of rotatable bonds is 6. The van der Waals surface area contributed by atoms with Crippen molar-refractivity contribution in [3.63, 3.8) is 0 Å². The van der Waals surface area contributed by atoms with Crippen molar-refractivity contribution in [3.05, 3.63) is 34.3 Å². The number of aromatic nitrogens is 2. The van der Waals surface area contributed by atoms with E-state index in [9.17, 15) is 4.79 Å². The van der Waals surface area contributed by atoms with Crippen molar-refractivity contribution in [1.82, 2.24) is 10.2 Å². The summed E-state index contributed by atoms with van der Waals surface area (Å²) < 4.78 is 1.89. The molecular weight excluding hydrogens is 382 g/mol. The first-order chi connectivity index (χ1) is 9.67. The van der Waals surface area contributed by atoms with E-state index < -0.39 is 0 Å². The number of thioether (sulfide) groups is 1. The Morgan fingerprint density at radius 1 is 1.35 bits per heavy atom. The SMILES string of the molecule is O=C(CCCl)Nc1nnc(SCc2ccc(Br)cc2)s1. The Balaban J connectivity index is 1.86. The molecule has 0 aliphatic rings. The van der Waals surface area contributed by atoms with Gasteiger partial charge in [-0.3, -0.25) is 4.79 Å². The Labute approximate surface area is 138 Å². The van der Waals surface area contributed by atoms with Crippen molar-refractivity contribution in [2.24, 2.45) is 0 Å². The van der Waals surface area contributed by atoms with Gasteiger partial charge in [-0.2, -0.15) is 0 Å². The lowest BCUT2D eigenvalue weighted by molar-refractivity contribution is -0.115. The molecule has 2 aromatic rings. The van der Waals surface area contributed by atoms with E-state index in [1.165, 1.54) is 16.9 Å². The van der Waals surface area contributed by atoms with Crippen molar-refractivity contribution in [2.45, 2.75) is 16.5 Å². The maximum Gasteiger partial charge on any atom is 0.227 e. The fourth-order valence-corrected chi connectivity index (χ4v) is 3.47. The first kappa shape index (κ1) is 15.8. The average Bonchev–Trinajstić information content (AvgIpc) is 2.86. The lowest BCUT2D eigenvalue weighted by Crippen LogP contribution is -2.11. The molecule has 0 saturated heterocycles. The number of amides is 1. The fraction of sp³-hybridized carbons (Fsp3) is 0.250. The first-order valence-electron chi connectivity index (χ1n) is 5.74. The molecule has 0 saturated carbocycles. The number of hydrogen-bond acceptors (Lipinski definition) is 5. The van der Waals surface area contributed by atoms with Gasteiger partial charge in [0.2, 0.25) is 11.0 Å². The zero-order valence-electron chi connectivity index (χ0n) is 10.3. The minimum Gasteiger partial charge on any atom is -0.300 e.